The van der Waals surface area contributed by atoms with Gasteiger partial charge in [0.25, 0.3) is 0 Å². The Hall–Kier alpha value is -2.62. The first-order valence-corrected chi connectivity index (χ1v) is 7.46. The molecule has 23 heavy (non-hydrogen) atoms. The van der Waals surface area contributed by atoms with Gasteiger partial charge in [-0.1, -0.05) is 55.1 Å². The summed E-state index contributed by atoms with van der Waals surface area (Å²) in [5, 5.41) is 9.52. The highest BCUT2D eigenvalue weighted by Gasteiger charge is 2.44. The van der Waals surface area contributed by atoms with Crippen LogP contribution in [0.3, 0.4) is 0 Å². The zero-order chi connectivity index (χ0) is 16.9. The van der Waals surface area contributed by atoms with Gasteiger partial charge in [0.1, 0.15) is 11.5 Å². The lowest BCUT2D eigenvalue weighted by molar-refractivity contribution is -0.162. The highest BCUT2D eigenvalue weighted by molar-refractivity contribution is 5.88. The Bertz CT molecular complexity index is 657. The van der Waals surface area contributed by atoms with Gasteiger partial charge in [0.05, 0.1) is 0 Å². The van der Waals surface area contributed by atoms with E-state index in [0.717, 1.165) is 5.56 Å². The number of rotatable bonds is 6. The van der Waals surface area contributed by atoms with Gasteiger partial charge >= 0.3 is 11.9 Å². The molecule has 0 aromatic heterocycles. The molecular formula is C19H20O4. The summed E-state index contributed by atoms with van der Waals surface area (Å²) in [7, 11) is 0. The van der Waals surface area contributed by atoms with Crippen molar-refractivity contribution >= 4 is 11.9 Å². The number of ether oxygens (including phenoxy) is 1. The number of carboxylic acids is 1. The number of esters is 1. The molecule has 120 valence electrons. The maximum Gasteiger partial charge on any atom is 0.334 e. The van der Waals surface area contributed by atoms with Crippen LogP contribution in [0, 0.1) is 5.92 Å². The first-order chi connectivity index (χ1) is 10.9. The molecule has 4 nitrogen and oxygen atoms in total. The predicted molar refractivity (Wildman–Crippen MR) is 87.8 cm³/mol. The summed E-state index contributed by atoms with van der Waals surface area (Å²) >= 11 is 0. The number of aryl methyl sites for hydroxylation is 1. The van der Waals surface area contributed by atoms with E-state index in [9.17, 15) is 14.7 Å². The second kappa shape index (κ2) is 7.09. The van der Waals surface area contributed by atoms with Crippen LogP contribution in [0.25, 0.3) is 0 Å². The lowest BCUT2D eigenvalue weighted by atomic mass is 9.79. The molecule has 2 atom stereocenters. The molecule has 0 aliphatic heterocycles. The fourth-order valence-corrected chi connectivity index (χ4v) is 2.58. The van der Waals surface area contributed by atoms with Crippen molar-refractivity contribution in [1.29, 1.82) is 0 Å². The molecule has 4 heteroatoms. The predicted octanol–water partition coefficient (Wildman–Crippen LogP) is 3.30. The van der Waals surface area contributed by atoms with Gasteiger partial charge < -0.3 is 9.84 Å². The van der Waals surface area contributed by atoms with Crippen molar-refractivity contribution in [3.63, 3.8) is 0 Å². The van der Waals surface area contributed by atoms with Crippen LogP contribution in [0.15, 0.2) is 66.8 Å². The number of hydrogen-bond acceptors (Lipinski definition) is 3. The van der Waals surface area contributed by atoms with Gasteiger partial charge in [0.2, 0.25) is 0 Å². The molecule has 1 aliphatic carbocycles. The molecule has 1 N–H and O–H groups in total. The van der Waals surface area contributed by atoms with E-state index in [1.807, 2.05) is 30.3 Å². The topological polar surface area (TPSA) is 63.6 Å². The minimum absolute atomic E-state index is 0.246. The van der Waals surface area contributed by atoms with Crippen molar-refractivity contribution in [2.45, 2.75) is 25.4 Å². The lowest BCUT2D eigenvalue weighted by Gasteiger charge is -2.36. The van der Waals surface area contributed by atoms with Crippen molar-refractivity contribution in [2.75, 3.05) is 0 Å². The smallest absolute Gasteiger partial charge is 0.334 e. The highest BCUT2D eigenvalue weighted by Crippen LogP contribution is 2.34. The van der Waals surface area contributed by atoms with Crippen molar-refractivity contribution in [1.82, 2.24) is 0 Å². The van der Waals surface area contributed by atoms with Gasteiger partial charge in [-0.15, -0.1) is 0 Å². The minimum atomic E-state index is -1.20. The average Bonchev–Trinajstić information content (AvgIpc) is 2.54. The van der Waals surface area contributed by atoms with Gasteiger partial charge in [-0.3, -0.25) is 4.79 Å². The largest absolute Gasteiger partial charge is 0.481 e. The Labute approximate surface area is 135 Å². The number of benzene rings is 1. The fourth-order valence-electron chi connectivity index (χ4n) is 2.58. The van der Waals surface area contributed by atoms with E-state index >= 15 is 0 Å². The van der Waals surface area contributed by atoms with Crippen LogP contribution in [0.4, 0.5) is 0 Å². The molecule has 2 rings (SSSR count). The summed E-state index contributed by atoms with van der Waals surface area (Å²) in [5.74, 6) is -2.52. The summed E-state index contributed by atoms with van der Waals surface area (Å²) in [5.41, 5.74) is 0.105. The molecule has 0 fully saturated rings. The zero-order valence-corrected chi connectivity index (χ0v) is 13.1. The second-order valence-corrected chi connectivity index (χ2v) is 5.67. The van der Waals surface area contributed by atoms with Crippen LogP contribution in [0.1, 0.15) is 18.9 Å². The summed E-state index contributed by atoms with van der Waals surface area (Å²) in [4.78, 5) is 23.7. The number of carbonyl (C=O) groups excluding carboxylic acids is 1. The number of carbonyl (C=O) groups is 2. The molecule has 0 bridgehead atoms. The average molecular weight is 312 g/mol. The van der Waals surface area contributed by atoms with E-state index < -0.39 is 23.5 Å². The third-order valence-electron chi connectivity index (χ3n) is 3.86. The van der Waals surface area contributed by atoms with E-state index in [-0.39, 0.29) is 5.57 Å². The molecule has 1 aliphatic rings. The van der Waals surface area contributed by atoms with Crippen LogP contribution >= 0.6 is 0 Å². The molecule has 0 saturated heterocycles. The summed E-state index contributed by atoms with van der Waals surface area (Å²) in [6.45, 7) is 5.12. The fraction of sp³-hybridized carbons (Fsp3) is 0.263. The molecule has 0 saturated carbocycles. The Morgan fingerprint density at radius 3 is 2.57 bits per heavy atom. The summed E-state index contributed by atoms with van der Waals surface area (Å²) in [6.07, 6.45) is 7.58. The van der Waals surface area contributed by atoms with Crippen LogP contribution in [0.2, 0.25) is 0 Å². The Morgan fingerprint density at radius 1 is 1.26 bits per heavy atom. The SMILES string of the molecule is C=C(C)C(=O)OC1(CCc2ccccc2)C=CC=CC1C(=O)O. The first kappa shape index (κ1) is 16.7. The van der Waals surface area contributed by atoms with Gasteiger partial charge in [-0.2, -0.15) is 0 Å². The molecule has 1 aromatic rings. The Balaban J connectivity index is 2.28. The molecule has 0 amide bonds. The minimum Gasteiger partial charge on any atom is -0.481 e. The number of carboxylic acid groups (broad SMARTS) is 1. The normalized spacial score (nSPS) is 22.6. The molecule has 1 aromatic carbocycles. The second-order valence-electron chi connectivity index (χ2n) is 5.67. The summed E-state index contributed by atoms with van der Waals surface area (Å²) < 4.78 is 5.58. The zero-order valence-electron chi connectivity index (χ0n) is 13.1. The highest BCUT2D eigenvalue weighted by atomic mass is 16.6. The van der Waals surface area contributed by atoms with Gasteiger partial charge in [-0.25, -0.2) is 4.79 Å². The lowest BCUT2D eigenvalue weighted by Crippen LogP contribution is -2.45. The standard InChI is InChI=1S/C19H20O4/c1-14(2)18(22)23-19(12-7-6-10-16(19)17(20)21)13-11-15-8-4-3-5-9-15/h3-10,12,16H,1,11,13H2,2H3,(H,20,21). The van der Waals surface area contributed by atoms with Crippen LogP contribution in [-0.2, 0) is 20.7 Å². The quantitative estimate of drug-likeness (QED) is 0.646. The van der Waals surface area contributed by atoms with Gasteiger partial charge in [0.15, 0.2) is 0 Å². The van der Waals surface area contributed by atoms with E-state index in [1.54, 1.807) is 31.2 Å². The van der Waals surface area contributed by atoms with E-state index in [1.165, 1.54) is 0 Å². The van der Waals surface area contributed by atoms with Gasteiger partial charge in [0, 0.05) is 5.57 Å². The Morgan fingerprint density at radius 2 is 1.96 bits per heavy atom. The first-order valence-electron chi connectivity index (χ1n) is 7.46. The van der Waals surface area contributed by atoms with E-state index in [4.69, 9.17) is 4.74 Å². The van der Waals surface area contributed by atoms with E-state index in [2.05, 4.69) is 6.58 Å². The molecule has 0 heterocycles. The molecule has 0 radical (unpaired) electrons. The maximum absolute atomic E-state index is 12.0. The third kappa shape index (κ3) is 3.97. The Kier molecular flexibility index (Phi) is 5.16. The number of allylic oxidation sites excluding steroid dienone is 2. The van der Waals surface area contributed by atoms with Crippen LogP contribution in [0.5, 0.6) is 0 Å². The third-order valence-corrected chi connectivity index (χ3v) is 3.86. The van der Waals surface area contributed by atoms with Crippen molar-refractivity contribution in [3.8, 4) is 0 Å². The van der Waals surface area contributed by atoms with E-state index in [0.29, 0.717) is 12.8 Å². The molecule has 0 spiro atoms. The van der Waals surface area contributed by atoms with Crippen molar-refractivity contribution < 1.29 is 19.4 Å². The number of aliphatic carboxylic acids is 1. The van der Waals surface area contributed by atoms with Crippen LogP contribution in [-0.4, -0.2) is 22.6 Å². The van der Waals surface area contributed by atoms with Crippen molar-refractivity contribution in [2.24, 2.45) is 5.92 Å². The maximum atomic E-state index is 12.0. The van der Waals surface area contributed by atoms with Crippen molar-refractivity contribution in [3.05, 3.63) is 72.4 Å². The number of hydrogen-bond donors (Lipinski definition) is 1. The molecular weight excluding hydrogens is 292 g/mol. The monoisotopic (exact) mass is 312 g/mol. The summed E-state index contributed by atoms with van der Waals surface area (Å²) in [6, 6.07) is 9.70. The molecule has 2 unspecified atom stereocenters. The van der Waals surface area contributed by atoms with Crippen LogP contribution < -0.4 is 0 Å². The van der Waals surface area contributed by atoms with Gasteiger partial charge in [-0.05, 0) is 31.4 Å².